The van der Waals surface area contributed by atoms with E-state index in [1.165, 1.54) is 5.54 Å². The first kappa shape index (κ1) is 16.0. The number of halogens is 1. The highest BCUT2D eigenvalue weighted by atomic mass is 35.5. The minimum absolute atomic E-state index is 0.0382. The molecule has 1 saturated heterocycles. The van der Waals surface area contributed by atoms with Crippen LogP contribution in [0.1, 0.15) is 41.0 Å². The fourth-order valence-electron chi connectivity index (χ4n) is 2.17. The van der Waals surface area contributed by atoms with Gasteiger partial charge in [-0.2, -0.15) is 0 Å². The highest BCUT2D eigenvalue weighted by molar-refractivity contribution is 6.25. The molecule has 4 nitrogen and oxygen atoms in total. The Morgan fingerprint density at radius 2 is 2.05 bits per heavy atom. The van der Waals surface area contributed by atoms with Crippen LogP contribution in [0.2, 0.25) is 0 Å². The summed E-state index contributed by atoms with van der Waals surface area (Å²) < 4.78 is 0. The van der Waals surface area contributed by atoms with Crippen molar-refractivity contribution in [2.45, 2.75) is 53.1 Å². The summed E-state index contributed by atoms with van der Waals surface area (Å²) in [5.41, 5.74) is 2.07. The number of hydrogen-bond donors (Lipinski definition) is 1. The Morgan fingerprint density at radius 3 is 2.53 bits per heavy atom. The predicted octanol–water partition coefficient (Wildman–Crippen LogP) is 2.28. The molecular formula is C14H23ClN2O2. The molecule has 0 aromatic heterocycles. The van der Waals surface area contributed by atoms with Gasteiger partial charge in [0.25, 0.3) is 0 Å². The molecule has 0 bridgehead atoms. The molecule has 1 fully saturated rings. The van der Waals surface area contributed by atoms with Crippen LogP contribution in [-0.2, 0) is 9.59 Å². The number of carbonyl (C=O) groups excluding carboxylic acids is 2. The van der Waals surface area contributed by atoms with E-state index in [1.807, 2.05) is 34.6 Å². The molecule has 1 N–H and O–H groups in total. The van der Waals surface area contributed by atoms with Gasteiger partial charge in [-0.15, -0.1) is 0 Å². The molecule has 5 heteroatoms. The number of rotatable bonds is 2. The maximum Gasteiger partial charge on any atom is 0.246 e. The van der Waals surface area contributed by atoms with Gasteiger partial charge in [-0.1, -0.05) is 32.4 Å². The van der Waals surface area contributed by atoms with Crippen molar-refractivity contribution >= 4 is 23.4 Å². The summed E-state index contributed by atoms with van der Waals surface area (Å²) in [6.07, 6.45) is 0.327. The number of carbonyl (C=O) groups is 2. The van der Waals surface area contributed by atoms with Crippen LogP contribution >= 0.6 is 11.6 Å². The van der Waals surface area contributed by atoms with E-state index >= 15 is 0 Å². The van der Waals surface area contributed by atoms with Crippen molar-refractivity contribution in [3.63, 3.8) is 0 Å². The van der Waals surface area contributed by atoms with Gasteiger partial charge in [-0.3, -0.25) is 9.59 Å². The van der Waals surface area contributed by atoms with Crippen molar-refractivity contribution in [1.29, 1.82) is 0 Å². The van der Waals surface area contributed by atoms with E-state index in [2.05, 4.69) is 5.32 Å². The molecule has 108 valence electrons. The molecule has 2 amide bonds. The van der Waals surface area contributed by atoms with Crippen LogP contribution in [0.25, 0.3) is 0 Å². The average molecular weight is 287 g/mol. The summed E-state index contributed by atoms with van der Waals surface area (Å²) in [5.74, 6) is -0.112. The minimum atomic E-state index is -0.493. The lowest BCUT2D eigenvalue weighted by Gasteiger charge is -2.34. The summed E-state index contributed by atoms with van der Waals surface area (Å²) in [4.78, 5) is 26.2. The topological polar surface area (TPSA) is 49.4 Å². The van der Waals surface area contributed by atoms with Gasteiger partial charge in [0.2, 0.25) is 11.8 Å². The SMILES string of the molecule is CC(=CCl)CN1C(=O)C(C(C)(C)C)NC(=O)CC1C. The molecule has 1 aliphatic heterocycles. The maximum absolute atomic E-state index is 12.6. The van der Waals surface area contributed by atoms with E-state index in [1.54, 1.807) is 4.90 Å². The second-order valence-electron chi connectivity index (χ2n) is 6.34. The van der Waals surface area contributed by atoms with Gasteiger partial charge in [-0.05, 0) is 24.8 Å². The molecule has 2 atom stereocenters. The van der Waals surface area contributed by atoms with E-state index in [-0.39, 0.29) is 23.3 Å². The van der Waals surface area contributed by atoms with Gasteiger partial charge < -0.3 is 10.2 Å². The monoisotopic (exact) mass is 286 g/mol. The lowest BCUT2D eigenvalue weighted by atomic mass is 9.86. The third-order valence-electron chi connectivity index (χ3n) is 3.32. The lowest BCUT2D eigenvalue weighted by molar-refractivity contribution is -0.137. The Morgan fingerprint density at radius 1 is 1.47 bits per heavy atom. The normalized spacial score (nSPS) is 26.2. The van der Waals surface area contributed by atoms with Crippen LogP contribution in [0, 0.1) is 5.41 Å². The predicted molar refractivity (Wildman–Crippen MR) is 76.8 cm³/mol. The lowest BCUT2D eigenvalue weighted by Crippen LogP contribution is -2.53. The smallest absolute Gasteiger partial charge is 0.246 e. The van der Waals surface area contributed by atoms with Crippen LogP contribution in [0.5, 0.6) is 0 Å². The second kappa shape index (κ2) is 5.95. The quantitative estimate of drug-likeness (QED) is 0.847. The Hall–Kier alpha value is -1.03. The molecule has 1 heterocycles. The van der Waals surface area contributed by atoms with Gasteiger partial charge in [0, 0.05) is 24.5 Å². The minimum Gasteiger partial charge on any atom is -0.344 e. The van der Waals surface area contributed by atoms with Crippen molar-refractivity contribution in [3.05, 3.63) is 11.1 Å². The van der Waals surface area contributed by atoms with Gasteiger partial charge in [0.1, 0.15) is 6.04 Å². The number of hydrogen-bond acceptors (Lipinski definition) is 2. The molecule has 19 heavy (non-hydrogen) atoms. The summed E-state index contributed by atoms with van der Waals surface area (Å²) in [6.45, 7) is 10.1. The average Bonchev–Trinajstić information content (AvgIpc) is 2.39. The molecule has 0 aromatic rings. The number of nitrogens with zero attached hydrogens (tertiary/aromatic N) is 1. The first-order chi connectivity index (χ1) is 8.66. The van der Waals surface area contributed by atoms with Gasteiger partial charge in [0.05, 0.1) is 0 Å². The standard InChI is InChI=1S/C14H23ClN2O2/c1-9(7-15)8-17-10(2)6-11(18)16-12(13(17)19)14(3,4)5/h7,10,12H,6,8H2,1-5H3,(H,16,18). The van der Waals surface area contributed by atoms with E-state index in [0.29, 0.717) is 13.0 Å². The fraction of sp³-hybridized carbons (Fsp3) is 0.714. The summed E-state index contributed by atoms with van der Waals surface area (Å²) in [6, 6.07) is -0.612. The zero-order valence-electron chi connectivity index (χ0n) is 12.3. The van der Waals surface area contributed by atoms with Crippen LogP contribution in [0.3, 0.4) is 0 Å². The molecule has 0 aliphatic carbocycles. The summed E-state index contributed by atoms with van der Waals surface area (Å²) in [5, 5.41) is 2.84. The first-order valence-corrected chi connectivity index (χ1v) is 6.96. The van der Waals surface area contributed by atoms with Crippen LogP contribution in [0.4, 0.5) is 0 Å². The Kier molecular flexibility index (Phi) is 5.02. The molecule has 0 spiro atoms. The van der Waals surface area contributed by atoms with E-state index in [0.717, 1.165) is 5.57 Å². The highest BCUT2D eigenvalue weighted by Crippen LogP contribution is 2.25. The van der Waals surface area contributed by atoms with Gasteiger partial charge >= 0.3 is 0 Å². The van der Waals surface area contributed by atoms with Crippen LogP contribution in [-0.4, -0.2) is 35.3 Å². The molecule has 2 unspecified atom stereocenters. The Balaban J connectivity index is 3.06. The molecular weight excluding hydrogens is 264 g/mol. The van der Waals surface area contributed by atoms with Crippen LogP contribution < -0.4 is 5.32 Å². The summed E-state index contributed by atoms with van der Waals surface area (Å²) in [7, 11) is 0. The molecule has 0 radical (unpaired) electrons. The van der Waals surface area contributed by atoms with E-state index in [9.17, 15) is 9.59 Å². The van der Waals surface area contributed by atoms with Crippen molar-refractivity contribution in [2.75, 3.05) is 6.54 Å². The maximum atomic E-state index is 12.6. The highest BCUT2D eigenvalue weighted by Gasteiger charge is 2.40. The molecule has 0 aromatic carbocycles. The van der Waals surface area contributed by atoms with Crippen molar-refractivity contribution in [3.8, 4) is 0 Å². The largest absolute Gasteiger partial charge is 0.344 e. The third-order valence-corrected chi connectivity index (χ3v) is 3.69. The molecule has 1 rings (SSSR count). The number of nitrogens with one attached hydrogen (secondary N) is 1. The van der Waals surface area contributed by atoms with Crippen molar-refractivity contribution in [1.82, 2.24) is 10.2 Å². The van der Waals surface area contributed by atoms with Gasteiger partial charge in [-0.25, -0.2) is 0 Å². The number of amides is 2. The Labute approximate surface area is 120 Å². The third kappa shape index (κ3) is 3.96. The summed E-state index contributed by atoms with van der Waals surface area (Å²) >= 11 is 5.68. The molecule has 0 saturated carbocycles. The van der Waals surface area contributed by atoms with Gasteiger partial charge in [0.15, 0.2) is 0 Å². The van der Waals surface area contributed by atoms with Crippen LogP contribution in [0.15, 0.2) is 11.1 Å². The molecule has 1 aliphatic rings. The van der Waals surface area contributed by atoms with E-state index in [4.69, 9.17) is 11.6 Å². The van der Waals surface area contributed by atoms with Crippen molar-refractivity contribution in [2.24, 2.45) is 5.41 Å². The Bertz CT molecular complexity index is 399. The zero-order chi connectivity index (χ0) is 14.8. The van der Waals surface area contributed by atoms with Crippen molar-refractivity contribution < 1.29 is 9.59 Å². The van der Waals surface area contributed by atoms with E-state index < -0.39 is 6.04 Å². The zero-order valence-corrected chi connectivity index (χ0v) is 13.0. The first-order valence-electron chi connectivity index (χ1n) is 6.52. The second-order valence-corrected chi connectivity index (χ2v) is 6.56. The fourth-order valence-corrected chi connectivity index (χ4v) is 2.24.